The number of rotatable bonds is 4. The van der Waals surface area contributed by atoms with Gasteiger partial charge in [0, 0.05) is 23.4 Å². The van der Waals surface area contributed by atoms with Gasteiger partial charge in [0.2, 0.25) is 0 Å². The van der Waals surface area contributed by atoms with Crippen molar-refractivity contribution in [3.05, 3.63) is 136 Å². The van der Waals surface area contributed by atoms with Crippen molar-refractivity contribution >= 4 is 40.2 Å². The Morgan fingerprint density at radius 1 is 0.850 bits per heavy atom. The van der Waals surface area contributed by atoms with Gasteiger partial charge in [-0.05, 0) is 48.9 Å². The van der Waals surface area contributed by atoms with Crippen molar-refractivity contribution in [2.75, 3.05) is 10.2 Å². The molecule has 1 N–H and O–H groups in total. The third-order valence-corrected chi connectivity index (χ3v) is 7.07. The molecule has 0 bridgehead atoms. The summed E-state index contributed by atoms with van der Waals surface area (Å²) in [5.41, 5.74) is 5.81. The highest BCUT2D eigenvalue weighted by Gasteiger charge is 2.41. The van der Waals surface area contributed by atoms with Crippen molar-refractivity contribution in [2.45, 2.75) is 13.0 Å². The second kappa shape index (κ2) is 9.32. The molecule has 40 heavy (non-hydrogen) atoms. The molecule has 3 heterocycles. The predicted molar refractivity (Wildman–Crippen MR) is 156 cm³/mol. The Hall–Kier alpha value is -5.57. The van der Waals surface area contributed by atoms with Crippen LogP contribution in [0, 0.1) is 17.0 Å². The molecule has 5 aromatic rings. The Bertz CT molecular complexity index is 1830. The number of anilines is 2. The van der Waals surface area contributed by atoms with Crippen molar-refractivity contribution in [3.8, 4) is 5.69 Å². The number of amidine groups is 2. The number of aromatic nitrogens is 2. The van der Waals surface area contributed by atoms with E-state index in [1.807, 2.05) is 103 Å². The molecule has 0 saturated heterocycles. The number of nitro groups is 1. The van der Waals surface area contributed by atoms with E-state index in [4.69, 9.17) is 15.1 Å². The van der Waals surface area contributed by atoms with Crippen LogP contribution >= 0.6 is 0 Å². The Morgan fingerprint density at radius 3 is 2.35 bits per heavy atom. The summed E-state index contributed by atoms with van der Waals surface area (Å²) in [4.78, 5) is 23.7. The quantitative estimate of drug-likeness (QED) is 0.204. The first-order valence-corrected chi connectivity index (χ1v) is 12.9. The zero-order valence-electron chi connectivity index (χ0n) is 21.5. The van der Waals surface area contributed by atoms with Crippen molar-refractivity contribution in [3.63, 3.8) is 0 Å². The molecule has 2 aliphatic rings. The lowest BCUT2D eigenvalue weighted by Crippen LogP contribution is -2.46. The van der Waals surface area contributed by atoms with Gasteiger partial charge in [-0.3, -0.25) is 10.1 Å². The van der Waals surface area contributed by atoms with Gasteiger partial charge < -0.3 is 10.2 Å². The van der Waals surface area contributed by atoms with Gasteiger partial charge in [-0.25, -0.2) is 14.7 Å². The van der Waals surface area contributed by atoms with Gasteiger partial charge in [-0.2, -0.15) is 5.10 Å². The largest absolute Gasteiger partial charge is 0.337 e. The summed E-state index contributed by atoms with van der Waals surface area (Å²) in [7, 11) is 0. The molecule has 2 aliphatic heterocycles. The number of benzene rings is 4. The molecule has 4 aromatic carbocycles. The lowest BCUT2D eigenvalue weighted by atomic mass is 9.93. The summed E-state index contributed by atoms with van der Waals surface area (Å²) in [5.74, 6) is 1.83. The maximum Gasteiger partial charge on any atom is 0.269 e. The van der Waals surface area contributed by atoms with Gasteiger partial charge in [-0.1, -0.05) is 60.7 Å². The number of nitrogens with zero attached hydrogens (tertiary/aromatic N) is 6. The first-order valence-electron chi connectivity index (χ1n) is 12.9. The summed E-state index contributed by atoms with van der Waals surface area (Å²) in [6, 6.07) is 33.9. The van der Waals surface area contributed by atoms with E-state index in [1.165, 1.54) is 6.07 Å². The molecule has 7 rings (SSSR count). The second-order valence-electron chi connectivity index (χ2n) is 9.57. The van der Waals surface area contributed by atoms with Crippen LogP contribution in [0.3, 0.4) is 0 Å². The standard InChI is InChI=1S/C31H23N7O2/c1-20-27-28(21-11-10-16-24(19-21)38(39)40)36-26-18-9-8-17-25(26)33-29(32-22-12-4-2-5-13-22)31(36)34-30(27)37(35-20)23-14-6-3-7-15-23/h2-19,28H,1H3,(H,32,33)/t28-/m0/s1. The maximum atomic E-state index is 11.8. The summed E-state index contributed by atoms with van der Waals surface area (Å²) in [6.45, 7) is 1.95. The van der Waals surface area contributed by atoms with E-state index in [2.05, 4.69) is 10.2 Å². The zero-order valence-corrected chi connectivity index (χ0v) is 21.5. The lowest BCUT2D eigenvalue weighted by molar-refractivity contribution is -0.384. The van der Waals surface area contributed by atoms with Crippen LogP contribution < -0.4 is 10.2 Å². The van der Waals surface area contributed by atoms with Crippen molar-refractivity contribution in [2.24, 2.45) is 9.98 Å². The molecular formula is C31H23N7O2. The van der Waals surface area contributed by atoms with Gasteiger partial charge in [0.15, 0.2) is 17.5 Å². The van der Waals surface area contributed by atoms with E-state index < -0.39 is 6.04 Å². The summed E-state index contributed by atoms with van der Waals surface area (Å²) < 4.78 is 1.83. The third kappa shape index (κ3) is 3.83. The van der Waals surface area contributed by atoms with E-state index in [-0.39, 0.29) is 10.6 Å². The van der Waals surface area contributed by atoms with E-state index in [9.17, 15) is 10.1 Å². The van der Waals surface area contributed by atoms with E-state index in [0.717, 1.165) is 39.6 Å². The fraction of sp³-hybridized carbons (Fsp3) is 0.0645. The molecule has 1 aromatic heterocycles. The molecule has 0 amide bonds. The van der Waals surface area contributed by atoms with Crippen LogP contribution in [0.15, 0.2) is 119 Å². The first-order chi connectivity index (χ1) is 19.6. The molecule has 0 saturated carbocycles. The molecule has 194 valence electrons. The minimum atomic E-state index is -0.441. The molecule has 9 heteroatoms. The molecular weight excluding hydrogens is 502 g/mol. The van der Waals surface area contributed by atoms with Crippen LogP contribution in [0.25, 0.3) is 5.69 Å². The highest BCUT2D eigenvalue weighted by atomic mass is 16.6. The number of hydrogen-bond acceptors (Lipinski definition) is 7. The topological polar surface area (TPSA) is 101 Å². The number of aliphatic imine (C=N–C) groups is 2. The summed E-state index contributed by atoms with van der Waals surface area (Å²) in [5, 5.41) is 20.2. The van der Waals surface area contributed by atoms with Gasteiger partial charge in [0.1, 0.15) is 0 Å². The fourth-order valence-corrected chi connectivity index (χ4v) is 5.33. The molecule has 9 nitrogen and oxygen atoms in total. The SMILES string of the molecule is Cc1nn(-c2ccccc2)c2c1[C@H](c1cccc([N+](=O)[O-])c1)N1C(=N2)C(Nc2ccccc2)=Nc2ccccc21. The minimum absolute atomic E-state index is 0.0258. The van der Waals surface area contributed by atoms with E-state index >= 15 is 0 Å². The Labute approximate surface area is 229 Å². The summed E-state index contributed by atoms with van der Waals surface area (Å²) in [6.07, 6.45) is 0. The van der Waals surface area contributed by atoms with Crippen LogP contribution in [0.1, 0.15) is 22.9 Å². The molecule has 0 fully saturated rings. The highest BCUT2D eigenvalue weighted by molar-refractivity contribution is 6.51. The second-order valence-corrected chi connectivity index (χ2v) is 9.57. The Kier molecular flexibility index (Phi) is 5.48. The number of hydrogen-bond donors (Lipinski definition) is 1. The van der Waals surface area contributed by atoms with Gasteiger partial charge in [0.05, 0.1) is 33.7 Å². The Balaban J connectivity index is 1.51. The number of aryl methyl sites for hydroxylation is 1. The molecule has 0 unspecified atom stereocenters. The maximum absolute atomic E-state index is 11.8. The summed E-state index contributed by atoms with van der Waals surface area (Å²) >= 11 is 0. The number of fused-ring (bicyclic) bond motifs is 4. The highest BCUT2D eigenvalue weighted by Crippen LogP contribution is 2.48. The number of non-ortho nitro benzene ring substituents is 1. The van der Waals surface area contributed by atoms with Crippen molar-refractivity contribution in [1.29, 1.82) is 0 Å². The normalized spacial score (nSPS) is 15.3. The smallest absolute Gasteiger partial charge is 0.269 e. The Morgan fingerprint density at radius 2 is 1.57 bits per heavy atom. The third-order valence-electron chi connectivity index (χ3n) is 7.07. The predicted octanol–water partition coefficient (Wildman–Crippen LogP) is 6.88. The number of para-hydroxylation sites is 4. The first kappa shape index (κ1) is 23.5. The average Bonchev–Trinajstić information content (AvgIpc) is 3.33. The molecule has 0 aliphatic carbocycles. The zero-order chi connectivity index (χ0) is 27.2. The molecule has 0 spiro atoms. The van der Waals surface area contributed by atoms with Crippen LogP contribution in [0.2, 0.25) is 0 Å². The van der Waals surface area contributed by atoms with Crippen molar-refractivity contribution in [1.82, 2.24) is 9.78 Å². The molecule has 1 atom stereocenters. The van der Waals surface area contributed by atoms with Crippen LogP contribution in [-0.4, -0.2) is 26.4 Å². The van der Waals surface area contributed by atoms with Gasteiger partial charge in [-0.15, -0.1) is 0 Å². The average molecular weight is 526 g/mol. The number of nitro benzene ring substituents is 1. The minimum Gasteiger partial charge on any atom is -0.337 e. The molecule has 0 radical (unpaired) electrons. The van der Waals surface area contributed by atoms with Gasteiger partial charge in [0.25, 0.3) is 5.69 Å². The number of nitrogens with one attached hydrogen (secondary N) is 1. The lowest BCUT2D eigenvalue weighted by Gasteiger charge is -2.40. The van der Waals surface area contributed by atoms with Crippen LogP contribution in [0.4, 0.5) is 28.6 Å². The van der Waals surface area contributed by atoms with Crippen LogP contribution in [0.5, 0.6) is 0 Å². The fourth-order valence-electron chi connectivity index (χ4n) is 5.33. The van der Waals surface area contributed by atoms with Crippen LogP contribution in [-0.2, 0) is 0 Å². The van der Waals surface area contributed by atoms with Gasteiger partial charge >= 0.3 is 0 Å². The van der Waals surface area contributed by atoms with E-state index in [0.29, 0.717) is 17.5 Å². The van der Waals surface area contributed by atoms with E-state index in [1.54, 1.807) is 12.1 Å². The van der Waals surface area contributed by atoms with Crippen molar-refractivity contribution < 1.29 is 4.92 Å². The monoisotopic (exact) mass is 525 g/mol.